The molecular weight excluding hydrogens is 514 g/mol. The molecule has 0 aliphatic heterocycles. The van der Waals surface area contributed by atoms with Gasteiger partial charge in [0.15, 0.2) is 0 Å². The van der Waals surface area contributed by atoms with E-state index in [4.69, 9.17) is 15.3 Å². The Morgan fingerprint density at radius 2 is 1.26 bits per heavy atom. The van der Waals surface area contributed by atoms with Gasteiger partial charge in [0.1, 0.15) is 23.6 Å². The Balaban J connectivity index is 0.000000351. The summed E-state index contributed by atoms with van der Waals surface area (Å²) < 4.78 is 76.7. The van der Waals surface area contributed by atoms with E-state index in [1.165, 1.54) is 37.1 Å². The molecule has 0 aromatic heterocycles. The van der Waals surface area contributed by atoms with Gasteiger partial charge in [0, 0.05) is 12.8 Å². The molecule has 2 rings (SSSR count). The van der Waals surface area contributed by atoms with Crippen LogP contribution in [0, 0.1) is 22.7 Å². The summed E-state index contributed by atoms with van der Waals surface area (Å²) in [6, 6.07) is 13.3. The van der Waals surface area contributed by atoms with Crippen molar-refractivity contribution in [1.29, 1.82) is 10.5 Å². The van der Waals surface area contributed by atoms with Crippen LogP contribution in [0.3, 0.4) is 0 Å². The fraction of sp³-hybridized carbons (Fsp3) is 0.391. The molecule has 35 heavy (non-hydrogen) atoms. The third-order valence-electron chi connectivity index (χ3n) is 4.14. The molecule has 4 nitrogen and oxygen atoms in total. The lowest BCUT2D eigenvalue weighted by Crippen LogP contribution is -2.07. The number of phenolic OH excluding ortho intramolecular Hbond substituents is 1. The maximum Gasteiger partial charge on any atom is 0.389 e. The summed E-state index contributed by atoms with van der Waals surface area (Å²) in [7, 11) is 1.47. The second-order valence-electron chi connectivity index (χ2n) is 6.85. The monoisotopic (exact) mass is 536 g/mol. The molecule has 0 amide bonds. The van der Waals surface area contributed by atoms with Crippen molar-refractivity contribution in [2.75, 3.05) is 18.6 Å². The Kier molecular flexibility index (Phi) is 12.7. The van der Waals surface area contributed by atoms with Crippen molar-refractivity contribution in [3.8, 4) is 23.6 Å². The molecule has 0 unspecified atom stereocenters. The van der Waals surface area contributed by atoms with Crippen LogP contribution in [0.15, 0.2) is 46.2 Å². The summed E-state index contributed by atoms with van der Waals surface area (Å²) in [5, 5.41) is 27.2. The largest absolute Gasteiger partial charge is 0.507 e. The van der Waals surface area contributed by atoms with Crippen LogP contribution in [0.2, 0.25) is 0 Å². The van der Waals surface area contributed by atoms with Gasteiger partial charge in [-0.1, -0.05) is 12.1 Å². The van der Waals surface area contributed by atoms with Crippen molar-refractivity contribution in [2.24, 2.45) is 0 Å². The number of alkyl halides is 6. The molecule has 0 aliphatic carbocycles. The van der Waals surface area contributed by atoms with Gasteiger partial charge in [0.25, 0.3) is 0 Å². The number of phenols is 1. The number of hydrogen-bond acceptors (Lipinski definition) is 6. The average molecular weight is 537 g/mol. The van der Waals surface area contributed by atoms with Gasteiger partial charge in [0.05, 0.1) is 28.0 Å². The van der Waals surface area contributed by atoms with Crippen molar-refractivity contribution >= 4 is 23.5 Å². The summed E-state index contributed by atoms with van der Waals surface area (Å²) in [6.45, 7) is 0. The zero-order valence-corrected chi connectivity index (χ0v) is 20.2. The zero-order chi connectivity index (χ0) is 26.5. The highest BCUT2D eigenvalue weighted by Crippen LogP contribution is 2.34. The second-order valence-corrected chi connectivity index (χ2v) is 9.06. The first-order valence-electron chi connectivity index (χ1n) is 10.1. The van der Waals surface area contributed by atoms with Gasteiger partial charge in [-0.25, -0.2) is 0 Å². The lowest BCUT2D eigenvalue weighted by Gasteiger charge is -2.10. The Hall–Kier alpha value is -2.70. The van der Waals surface area contributed by atoms with Gasteiger partial charge in [-0.2, -0.15) is 36.9 Å². The molecule has 2 aromatic carbocycles. The maximum absolute atomic E-state index is 12.0. The smallest absolute Gasteiger partial charge is 0.389 e. The van der Waals surface area contributed by atoms with Crippen LogP contribution in [-0.2, 0) is 0 Å². The van der Waals surface area contributed by atoms with Crippen LogP contribution >= 0.6 is 23.5 Å². The van der Waals surface area contributed by atoms with Gasteiger partial charge in [0.2, 0.25) is 0 Å². The van der Waals surface area contributed by atoms with Gasteiger partial charge in [-0.15, -0.1) is 23.5 Å². The first-order valence-corrected chi connectivity index (χ1v) is 12.1. The standard InChI is InChI=1S/C12H12F3NOS.C11H10F3NOS/c1-17-10-5-2-4-9(8-16)11(10)18-7-3-6-12(13,14)15;12-11(13,14)5-2-6-17-10-8(7-15)3-1-4-9(10)16/h2,4-5H,3,6-7H2,1H3;1,3-4,16H,2,5-6H2. The number of thioether (sulfide) groups is 2. The van der Waals surface area contributed by atoms with Crippen molar-refractivity contribution in [3.05, 3.63) is 47.5 Å². The number of benzene rings is 2. The minimum absolute atomic E-state index is 0.0249. The minimum Gasteiger partial charge on any atom is -0.507 e. The third kappa shape index (κ3) is 12.0. The van der Waals surface area contributed by atoms with Gasteiger partial charge < -0.3 is 9.84 Å². The van der Waals surface area contributed by atoms with Crippen LogP contribution in [-0.4, -0.2) is 36.1 Å². The number of halogens is 6. The lowest BCUT2D eigenvalue weighted by molar-refractivity contribution is -0.135. The van der Waals surface area contributed by atoms with Crippen molar-refractivity contribution in [3.63, 3.8) is 0 Å². The molecule has 190 valence electrons. The van der Waals surface area contributed by atoms with Gasteiger partial charge in [-0.05, 0) is 48.6 Å². The van der Waals surface area contributed by atoms with Crippen molar-refractivity contribution < 1.29 is 36.2 Å². The van der Waals surface area contributed by atoms with E-state index in [-0.39, 0.29) is 29.9 Å². The molecule has 2 aromatic rings. The van der Waals surface area contributed by atoms with Gasteiger partial charge >= 0.3 is 12.4 Å². The number of rotatable bonds is 9. The van der Waals surface area contributed by atoms with E-state index in [1.54, 1.807) is 18.2 Å². The first-order chi connectivity index (χ1) is 16.4. The van der Waals surface area contributed by atoms with Crippen LogP contribution in [0.5, 0.6) is 11.5 Å². The molecule has 12 heteroatoms. The summed E-state index contributed by atoms with van der Waals surface area (Å²) in [4.78, 5) is 0.946. The quantitative estimate of drug-likeness (QED) is 0.201. The Labute approximate surface area is 207 Å². The van der Waals surface area contributed by atoms with Crippen LogP contribution in [0.1, 0.15) is 36.8 Å². The predicted octanol–water partition coefficient (Wildman–Crippen LogP) is 7.70. The van der Waals surface area contributed by atoms with E-state index >= 15 is 0 Å². The summed E-state index contributed by atoms with van der Waals surface area (Å²) >= 11 is 2.28. The first kappa shape index (κ1) is 30.3. The van der Waals surface area contributed by atoms with Crippen molar-refractivity contribution in [2.45, 2.75) is 47.8 Å². The highest BCUT2D eigenvalue weighted by atomic mass is 32.2. The molecule has 0 spiro atoms. The molecular formula is C23H22F6N2O2S2. The number of methoxy groups -OCH3 is 1. The molecule has 0 saturated carbocycles. The SMILES string of the molecule is COc1cccc(C#N)c1SCCCC(F)(F)F.N#Cc1cccc(O)c1SCCCC(F)(F)F. The van der Waals surface area contributed by atoms with Crippen LogP contribution < -0.4 is 4.74 Å². The summed E-state index contributed by atoms with van der Waals surface area (Å²) in [5.41, 5.74) is 0.702. The maximum atomic E-state index is 12.0. The molecule has 1 N–H and O–H groups in total. The number of aromatic hydroxyl groups is 1. The van der Waals surface area contributed by atoms with Crippen molar-refractivity contribution in [1.82, 2.24) is 0 Å². The van der Waals surface area contributed by atoms with E-state index < -0.39 is 25.2 Å². The molecule has 0 bridgehead atoms. The Morgan fingerprint density at radius 1 is 0.800 bits per heavy atom. The molecule has 0 heterocycles. The fourth-order valence-electron chi connectivity index (χ4n) is 2.57. The summed E-state index contributed by atoms with van der Waals surface area (Å²) in [6.07, 6.45) is -9.95. The second kappa shape index (κ2) is 14.6. The molecule has 0 radical (unpaired) electrons. The Bertz CT molecular complexity index is 1030. The molecule has 0 fully saturated rings. The number of nitrogens with zero attached hydrogens (tertiary/aromatic N) is 2. The van der Waals surface area contributed by atoms with E-state index in [1.807, 2.05) is 12.1 Å². The van der Waals surface area contributed by atoms with E-state index in [0.29, 0.717) is 26.9 Å². The fourth-order valence-corrected chi connectivity index (χ4v) is 4.61. The predicted molar refractivity (Wildman–Crippen MR) is 123 cm³/mol. The Morgan fingerprint density at radius 3 is 1.71 bits per heavy atom. The highest BCUT2D eigenvalue weighted by molar-refractivity contribution is 7.99. The zero-order valence-electron chi connectivity index (χ0n) is 18.5. The molecule has 0 saturated heterocycles. The third-order valence-corrected chi connectivity index (χ3v) is 6.55. The highest BCUT2D eigenvalue weighted by Gasteiger charge is 2.26. The lowest BCUT2D eigenvalue weighted by atomic mass is 10.2. The van der Waals surface area contributed by atoms with Gasteiger partial charge in [-0.3, -0.25) is 0 Å². The van der Waals surface area contributed by atoms with E-state index in [2.05, 4.69) is 0 Å². The van der Waals surface area contributed by atoms with E-state index in [0.717, 1.165) is 11.8 Å². The normalized spacial score (nSPS) is 11.1. The minimum atomic E-state index is -4.16. The topological polar surface area (TPSA) is 77.0 Å². The van der Waals surface area contributed by atoms with E-state index in [9.17, 15) is 31.4 Å². The van der Waals surface area contributed by atoms with Crippen LogP contribution in [0.25, 0.3) is 0 Å². The number of nitriles is 2. The molecule has 0 aliphatic rings. The number of hydrogen-bond donors (Lipinski definition) is 1. The summed E-state index contributed by atoms with van der Waals surface area (Å²) in [5.74, 6) is 0.965. The average Bonchev–Trinajstić information content (AvgIpc) is 2.79. The van der Waals surface area contributed by atoms with Crippen LogP contribution in [0.4, 0.5) is 26.3 Å². The molecule has 0 atom stereocenters. The number of ether oxygens (including phenoxy) is 1.